The van der Waals surface area contributed by atoms with Crippen LogP contribution in [0.3, 0.4) is 0 Å². The molecule has 2 aliphatic heterocycles. The number of urea groups is 1. The van der Waals surface area contributed by atoms with E-state index in [2.05, 4.69) is 9.97 Å². The van der Waals surface area contributed by atoms with Crippen molar-refractivity contribution in [1.82, 2.24) is 29.7 Å². The number of alkyl halides is 3. The standard InChI is InChI=1S/C26H27F5N6O3/c27-18-4-1-3-17(21(18)28)15-6-7-19(23(38)36(13-15)14-26(29,30)31)33-24(39)35-11-8-16(9-12-35)37-20-5-2-10-32-22(20)34-25(37)40/h1-5,10,15-16,19H,6-9,11-14H2,(H,33,39)(H,32,34,40)/t15-,19-/m1/s1/i7D2,8D2,9D2,11D2,12D2,14D2,16D. The number of likely N-dealkylation sites (tertiary alicyclic amines) is 2. The molecule has 0 saturated carbocycles. The van der Waals surface area contributed by atoms with Crippen LogP contribution in [0.2, 0.25) is 0 Å². The Bertz CT molecular complexity index is 2020. The third-order valence-electron chi connectivity index (χ3n) is 5.89. The highest BCUT2D eigenvalue weighted by Gasteiger charge is 2.40. The van der Waals surface area contributed by atoms with Crippen LogP contribution in [-0.4, -0.2) is 74.5 Å². The van der Waals surface area contributed by atoms with E-state index in [1.165, 1.54) is 11.4 Å². The summed E-state index contributed by atoms with van der Waals surface area (Å²) in [6.07, 6.45) is -17.8. The molecule has 5 rings (SSSR count). The van der Waals surface area contributed by atoms with Crippen molar-refractivity contribution in [2.24, 2.45) is 0 Å². The predicted molar refractivity (Wildman–Crippen MR) is 133 cm³/mol. The van der Waals surface area contributed by atoms with E-state index in [9.17, 15) is 36.3 Å². The zero-order chi connectivity index (χ0) is 40.3. The molecule has 1 aromatic carbocycles. The van der Waals surface area contributed by atoms with Gasteiger partial charge in [0.15, 0.2) is 17.3 Å². The molecule has 4 heterocycles. The Kier molecular flexibility index (Phi) is 4.28. The zero-order valence-electron chi connectivity index (χ0n) is 32.9. The Balaban J connectivity index is 1.64. The van der Waals surface area contributed by atoms with Gasteiger partial charge in [-0.05, 0) is 49.3 Å². The number of H-pyrrole nitrogens is 1. The van der Waals surface area contributed by atoms with Gasteiger partial charge in [-0.15, -0.1) is 0 Å². The van der Waals surface area contributed by atoms with Crippen LogP contribution in [0.15, 0.2) is 41.3 Å². The lowest BCUT2D eigenvalue weighted by Gasteiger charge is -2.34. The minimum atomic E-state index is -5.93. The highest BCUT2D eigenvalue weighted by Crippen LogP contribution is 2.32. The number of imidazole rings is 1. The molecule has 40 heavy (non-hydrogen) atoms. The van der Waals surface area contributed by atoms with Gasteiger partial charge in [0, 0.05) is 51.4 Å². The van der Waals surface area contributed by atoms with Crippen molar-refractivity contribution in [2.45, 2.75) is 49.7 Å². The lowest BCUT2D eigenvalue weighted by atomic mass is 9.93. The van der Waals surface area contributed by atoms with Crippen molar-refractivity contribution in [3.05, 3.63) is 64.2 Å². The average Bonchev–Trinajstić information content (AvgIpc) is 3.31. The maximum absolute atomic E-state index is 14.9. The molecule has 2 atom stereocenters. The summed E-state index contributed by atoms with van der Waals surface area (Å²) >= 11 is 0. The maximum atomic E-state index is 14.9. The molecule has 2 fully saturated rings. The van der Waals surface area contributed by atoms with Gasteiger partial charge < -0.3 is 15.1 Å². The summed E-state index contributed by atoms with van der Waals surface area (Å²) in [6, 6.07) is -4.80. The second-order valence-corrected chi connectivity index (χ2v) is 8.48. The molecule has 2 saturated heterocycles. The van der Waals surface area contributed by atoms with Crippen LogP contribution in [0, 0.1) is 11.6 Å². The molecule has 214 valence electrons. The van der Waals surface area contributed by atoms with Gasteiger partial charge in [-0.25, -0.2) is 23.4 Å². The Morgan fingerprint density at radius 3 is 2.65 bits per heavy atom. The van der Waals surface area contributed by atoms with Gasteiger partial charge in [0.05, 0.1) is 9.63 Å². The van der Waals surface area contributed by atoms with Gasteiger partial charge in [-0.2, -0.15) is 13.2 Å². The molecule has 3 aromatic rings. The van der Waals surface area contributed by atoms with Crippen molar-refractivity contribution in [3.8, 4) is 0 Å². The number of hydrogen-bond acceptors (Lipinski definition) is 4. The van der Waals surface area contributed by atoms with E-state index < -0.39 is 126 Å². The van der Waals surface area contributed by atoms with Crippen LogP contribution in [0.4, 0.5) is 26.7 Å². The number of halogens is 5. The molecule has 0 bridgehead atoms. The molecule has 0 radical (unpaired) electrons. The van der Waals surface area contributed by atoms with E-state index >= 15 is 0 Å². The van der Waals surface area contributed by atoms with Gasteiger partial charge in [-0.3, -0.25) is 14.3 Å². The summed E-state index contributed by atoms with van der Waals surface area (Å²) in [7, 11) is 0. The first kappa shape index (κ1) is 15.7. The highest BCUT2D eigenvalue weighted by molar-refractivity contribution is 5.87. The van der Waals surface area contributed by atoms with E-state index in [0.717, 1.165) is 24.4 Å². The summed E-state index contributed by atoms with van der Waals surface area (Å²) in [5.41, 5.74) is -3.10. The summed E-state index contributed by atoms with van der Waals surface area (Å²) in [4.78, 5) is 45.1. The number of piperidine rings is 1. The van der Waals surface area contributed by atoms with E-state index in [4.69, 9.17) is 17.8 Å². The lowest BCUT2D eigenvalue weighted by molar-refractivity contribution is -0.162. The van der Waals surface area contributed by atoms with Gasteiger partial charge in [0.1, 0.15) is 12.5 Å². The Hall–Kier alpha value is -3.97. The van der Waals surface area contributed by atoms with Crippen molar-refractivity contribution in [3.63, 3.8) is 0 Å². The predicted octanol–water partition coefficient (Wildman–Crippen LogP) is 3.69. The van der Waals surface area contributed by atoms with E-state index in [0.29, 0.717) is 6.07 Å². The minimum Gasteiger partial charge on any atom is -0.331 e. The fourth-order valence-electron chi connectivity index (χ4n) is 4.13. The molecule has 2 aliphatic rings. The average molecular weight is 580 g/mol. The number of aromatic amines is 1. The first-order valence-corrected chi connectivity index (χ1v) is 11.4. The number of hydrogen-bond donors (Lipinski definition) is 2. The second-order valence-electron chi connectivity index (χ2n) is 8.48. The topological polar surface area (TPSA) is 103 Å². The van der Waals surface area contributed by atoms with Crippen molar-refractivity contribution < 1.29 is 49.4 Å². The van der Waals surface area contributed by atoms with Gasteiger partial charge in [0.2, 0.25) is 5.91 Å². The van der Waals surface area contributed by atoms with Crippen molar-refractivity contribution in [2.75, 3.05) is 26.0 Å². The molecule has 2 N–H and O–H groups in total. The SMILES string of the molecule is [2H]C1([2H])C[C@@H](c2cccc(F)c2F)CN(C([2H])([2H])C(F)(F)F)C(=O)[C@@H]1NC(=O)N1C([2H])([2H])C([2H])([2H])C([2H])(n2c(=O)[nH]c3ncccc32)C([2H])([2H])C1([2H])[2H]. The molecule has 2 aromatic heterocycles. The number of fused-ring (bicyclic) bond motifs is 1. The number of carbonyl (C=O) groups excluding carboxylic acids is 2. The van der Waals surface area contributed by atoms with Gasteiger partial charge in [-0.1, -0.05) is 12.1 Å². The minimum absolute atomic E-state index is 0.0521. The smallest absolute Gasteiger partial charge is 0.331 e. The number of pyridine rings is 1. The number of amides is 3. The van der Waals surface area contributed by atoms with E-state index in [1.54, 1.807) is 0 Å². The summed E-state index contributed by atoms with van der Waals surface area (Å²) in [6.45, 7) is -14.6. The van der Waals surface area contributed by atoms with E-state index in [1.807, 2.05) is 0 Å². The number of nitrogens with zero attached hydrogens (tertiary/aromatic N) is 4. The van der Waals surface area contributed by atoms with Crippen LogP contribution >= 0.6 is 0 Å². The van der Waals surface area contributed by atoms with Crippen LogP contribution in [-0.2, 0) is 4.79 Å². The Morgan fingerprint density at radius 2 is 1.93 bits per heavy atom. The third kappa shape index (κ3) is 5.65. The van der Waals surface area contributed by atoms with Gasteiger partial charge in [0.25, 0.3) is 0 Å². The largest absolute Gasteiger partial charge is 0.406 e. The quantitative estimate of drug-likeness (QED) is 0.461. The van der Waals surface area contributed by atoms with Gasteiger partial charge >= 0.3 is 17.9 Å². The molecule has 3 amide bonds. The molecular formula is C26H27F5N6O3. The number of carbonyl (C=O) groups is 2. The van der Waals surface area contributed by atoms with Crippen LogP contribution in [0.5, 0.6) is 0 Å². The molecule has 0 spiro atoms. The Labute approximate surface area is 243 Å². The number of rotatable bonds is 4. The maximum Gasteiger partial charge on any atom is 0.406 e. The summed E-state index contributed by atoms with van der Waals surface area (Å²) in [5.74, 6) is -7.36. The second kappa shape index (κ2) is 10.9. The fourth-order valence-corrected chi connectivity index (χ4v) is 4.13. The highest BCUT2D eigenvalue weighted by atomic mass is 19.4. The zero-order valence-corrected chi connectivity index (χ0v) is 19.9. The number of nitrogens with one attached hydrogen (secondary N) is 2. The van der Waals surface area contributed by atoms with E-state index in [-0.39, 0.29) is 10.2 Å². The van der Waals surface area contributed by atoms with Crippen LogP contribution in [0.1, 0.15) is 60.9 Å². The monoisotopic (exact) mass is 579 g/mol. The fraction of sp³-hybridized carbons (Fsp3) is 0.462. The van der Waals surface area contributed by atoms with Crippen LogP contribution in [0.25, 0.3) is 11.2 Å². The number of aromatic nitrogens is 3. The van der Waals surface area contributed by atoms with Crippen molar-refractivity contribution >= 4 is 23.1 Å². The number of benzene rings is 1. The van der Waals surface area contributed by atoms with Crippen molar-refractivity contribution in [1.29, 1.82) is 0 Å². The summed E-state index contributed by atoms with van der Waals surface area (Å²) < 4.78 is 182. The first-order valence-electron chi connectivity index (χ1n) is 17.9. The molecule has 14 heteroatoms. The molecular weight excluding hydrogens is 539 g/mol. The lowest BCUT2D eigenvalue weighted by Crippen LogP contribution is -2.54. The third-order valence-corrected chi connectivity index (χ3v) is 5.89. The molecule has 0 aliphatic carbocycles. The Morgan fingerprint density at radius 1 is 1.18 bits per heavy atom. The van der Waals surface area contributed by atoms with Crippen LogP contribution < -0.4 is 11.0 Å². The summed E-state index contributed by atoms with van der Waals surface area (Å²) in [5, 5.41) is 1.47. The normalized spacial score (nSPS) is 33.3. The molecule has 9 nitrogen and oxygen atoms in total. The molecule has 0 unspecified atom stereocenters. The first-order chi connectivity index (χ1) is 23.9.